The Morgan fingerprint density at radius 2 is 2.33 bits per heavy atom. The van der Waals surface area contributed by atoms with Gasteiger partial charge in [0.1, 0.15) is 6.20 Å². The minimum atomic E-state index is 0.246. The highest BCUT2D eigenvalue weighted by Crippen LogP contribution is 2.16. The highest BCUT2D eigenvalue weighted by Gasteiger charge is 2.19. The van der Waals surface area contributed by atoms with Crippen molar-refractivity contribution in [3.63, 3.8) is 0 Å². The van der Waals surface area contributed by atoms with Crippen LogP contribution in [0, 0.1) is 6.21 Å². The number of fused-ring (bicyclic) bond motifs is 1. The SMILES string of the molecule is Cn1cc(C2C=c3cncn[n+]3=C2)cn1. The maximum Gasteiger partial charge on any atom is 0.253 e. The summed E-state index contributed by atoms with van der Waals surface area (Å²) in [4.78, 5) is 3.99. The predicted octanol–water partition coefficient (Wildman–Crippen LogP) is -0.915. The molecule has 74 valence electrons. The maximum absolute atomic E-state index is 4.16. The van der Waals surface area contributed by atoms with Gasteiger partial charge in [-0.15, -0.1) is 0 Å². The van der Waals surface area contributed by atoms with Gasteiger partial charge >= 0.3 is 0 Å². The Labute approximate surface area is 86.0 Å². The molecule has 5 nitrogen and oxygen atoms in total. The Bertz CT molecular complexity index is 578. The smallest absolute Gasteiger partial charge is 0.253 e. The van der Waals surface area contributed by atoms with Crippen LogP contribution in [-0.2, 0) is 7.05 Å². The van der Waals surface area contributed by atoms with Crippen LogP contribution >= 0.6 is 0 Å². The first-order valence-electron chi connectivity index (χ1n) is 4.73. The lowest BCUT2D eigenvalue weighted by molar-refractivity contribution is -0.590. The van der Waals surface area contributed by atoms with Crippen LogP contribution in [0.4, 0.5) is 0 Å². The third-order valence-electron chi connectivity index (χ3n) is 2.48. The van der Waals surface area contributed by atoms with E-state index in [9.17, 15) is 0 Å². The van der Waals surface area contributed by atoms with Crippen LogP contribution in [-0.4, -0.2) is 19.9 Å². The molecule has 1 unspecified atom stereocenters. The fourth-order valence-electron chi connectivity index (χ4n) is 1.74. The zero-order chi connectivity index (χ0) is 10.3. The molecule has 15 heavy (non-hydrogen) atoms. The van der Waals surface area contributed by atoms with Crippen molar-refractivity contribution in [1.29, 1.82) is 0 Å². The van der Waals surface area contributed by atoms with Gasteiger partial charge < -0.3 is 0 Å². The lowest BCUT2D eigenvalue weighted by Crippen LogP contribution is -2.37. The highest BCUT2D eigenvalue weighted by molar-refractivity contribution is 5.37. The average molecular weight is 200 g/mol. The molecule has 0 saturated carbocycles. The zero-order valence-corrected chi connectivity index (χ0v) is 8.28. The first-order valence-corrected chi connectivity index (χ1v) is 4.73. The van der Waals surface area contributed by atoms with Gasteiger partial charge in [-0.3, -0.25) is 4.68 Å². The molecule has 0 aromatic carbocycles. The van der Waals surface area contributed by atoms with Crippen molar-refractivity contribution in [1.82, 2.24) is 19.9 Å². The molecule has 1 atom stereocenters. The van der Waals surface area contributed by atoms with Gasteiger partial charge in [0.2, 0.25) is 0 Å². The molecule has 3 rings (SSSR count). The van der Waals surface area contributed by atoms with Crippen LogP contribution in [0.5, 0.6) is 0 Å². The molecule has 0 spiro atoms. The van der Waals surface area contributed by atoms with Crippen LogP contribution in [0.1, 0.15) is 11.5 Å². The molecule has 0 fully saturated rings. The van der Waals surface area contributed by atoms with Gasteiger partial charge in [-0.05, 0) is 0 Å². The molecule has 0 radical (unpaired) electrons. The number of hydrogen-bond donors (Lipinski definition) is 0. The van der Waals surface area contributed by atoms with Crippen LogP contribution in [0.15, 0.2) is 24.9 Å². The van der Waals surface area contributed by atoms with Gasteiger partial charge in [0.15, 0.2) is 12.5 Å². The maximum atomic E-state index is 4.16. The normalized spacial score (nSPS) is 18.1. The Morgan fingerprint density at radius 1 is 1.40 bits per heavy atom. The van der Waals surface area contributed by atoms with E-state index in [1.807, 2.05) is 30.0 Å². The molecule has 1 aliphatic heterocycles. The van der Waals surface area contributed by atoms with E-state index >= 15 is 0 Å². The molecule has 0 amide bonds. The average Bonchev–Trinajstić information content (AvgIpc) is 2.82. The Balaban J connectivity index is 2.11. The van der Waals surface area contributed by atoms with Gasteiger partial charge in [-0.2, -0.15) is 5.10 Å². The number of nitrogens with zero attached hydrogens (tertiary/aromatic N) is 5. The van der Waals surface area contributed by atoms with E-state index in [4.69, 9.17) is 0 Å². The van der Waals surface area contributed by atoms with Crippen LogP contribution in [0.2, 0.25) is 0 Å². The minimum absolute atomic E-state index is 0.246. The summed E-state index contributed by atoms with van der Waals surface area (Å²) in [6.07, 6.45) is 11.4. The topological polar surface area (TPSA) is 49.5 Å². The lowest BCUT2D eigenvalue weighted by Gasteiger charge is -1.92. The summed E-state index contributed by atoms with van der Waals surface area (Å²) in [7, 11) is 1.92. The van der Waals surface area contributed by atoms with Crippen molar-refractivity contribution in [3.05, 3.63) is 42.0 Å². The molecular formula is C10H10N5+. The summed E-state index contributed by atoms with van der Waals surface area (Å²) in [5, 5.41) is 9.31. The van der Waals surface area contributed by atoms with Crippen LogP contribution in [0.25, 0.3) is 6.08 Å². The number of rotatable bonds is 1. The second-order valence-electron chi connectivity index (χ2n) is 3.57. The molecule has 3 heterocycles. The molecule has 0 aliphatic carbocycles. The van der Waals surface area contributed by atoms with Crippen molar-refractivity contribution in [2.24, 2.45) is 7.05 Å². The van der Waals surface area contributed by atoms with E-state index in [1.165, 1.54) is 5.56 Å². The van der Waals surface area contributed by atoms with Crippen molar-refractivity contribution in [2.75, 3.05) is 0 Å². The van der Waals surface area contributed by atoms with Crippen molar-refractivity contribution in [3.8, 4) is 0 Å². The molecule has 0 N–H and O–H groups in total. The van der Waals surface area contributed by atoms with E-state index in [-0.39, 0.29) is 5.92 Å². The monoisotopic (exact) mass is 200 g/mol. The summed E-state index contributed by atoms with van der Waals surface area (Å²) in [5.41, 5.74) is 1.17. The molecule has 5 heteroatoms. The Hall–Kier alpha value is -2.04. The minimum Gasteiger partial charge on any atom is -0.276 e. The zero-order valence-electron chi connectivity index (χ0n) is 8.28. The summed E-state index contributed by atoms with van der Waals surface area (Å²) in [5.74, 6) is 0.246. The standard InChI is InChI=1S/C10H10N5/c1-14-5-9(3-12-14)8-2-10-4-11-7-13-15(10)6-8/h2-8H,1H3/q+1. The second kappa shape index (κ2) is 2.98. The molecule has 1 aliphatic rings. The van der Waals surface area contributed by atoms with E-state index in [1.54, 1.807) is 17.2 Å². The van der Waals surface area contributed by atoms with Crippen LogP contribution in [0.3, 0.4) is 0 Å². The first kappa shape index (κ1) is 8.28. The molecule has 2 aromatic heterocycles. The highest BCUT2D eigenvalue weighted by atomic mass is 15.2. The number of aryl methyl sites for hydroxylation is 1. The molecule has 0 bridgehead atoms. The largest absolute Gasteiger partial charge is 0.276 e. The summed E-state index contributed by atoms with van der Waals surface area (Å²) in [6.45, 7) is 0. The third-order valence-corrected chi connectivity index (χ3v) is 2.48. The van der Waals surface area contributed by atoms with Crippen molar-refractivity contribution in [2.45, 2.75) is 5.92 Å². The molecular weight excluding hydrogens is 190 g/mol. The van der Waals surface area contributed by atoms with E-state index in [0.29, 0.717) is 0 Å². The van der Waals surface area contributed by atoms with E-state index in [0.717, 1.165) is 5.35 Å². The molecule has 2 aromatic rings. The predicted molar refractivity (Wildman–Crippen MR) is 52.0 cm³/mol. The van der Waals surface area contributed by atoms with Gasteiger partial charge in [0.25, 0.3) is 5.35 Å². The molecule has 0 saturated heterocycles. The number of hydrogen-bond acceptors (Lipinski definition) is 3. The fraction of sp³-hybridized carbons (Fsp3) is 0.200. The third kappa shape index (κ3) is 1.32. The summed E-state index contributed by atoms with van der Waals surface area (Å²) < 4.78 is 3.64. The van der Waals surface area contributed by atoms with Crippen molar-refractivity contribution < 1.29 is 4.36 Å². The Kier molecular flexibility index (Phi) is 1.65. The summed E-state index contributed by atoms with van der Waals surface area (Å²) in [6, 6.07) is 0. The van der Waals surface area contributed by atoms with Crippen molar-refractivity contribution >= 4 is 6.08 Å². The Morgan fingerprint density at radius 3 is 3.07 bits per heavy atom. The first-order chi connectivity index (χ1) is 7.33. The fourth-order valence-corrected chi connectivity index (χ4v) is 1.74. The summed E-state index contributed by atoms with van der Waals surface area (Å²) >= 11 is 0. The van der Waals surface area contributed by atoms with E-state index in [2.05, 4.69) is 21.3 Å². The van der Waals surface area contributed by atoms with Gasteiger partial charge in [-0.25, -0.2) is 4.98 Å². The van der Waals surface area contributed by atoms with Gasteiger partial charge in [0, 0.05) is 30.0 Å². The van der Waals surface area contributed by atoms with Gasteiger partial charge in [0.05, 0.1) is 12.1 Å². The van der Waals surface area contributed by atoms with E-state index < -0.39 is 0 Å². The van der Waals surface area contributed by atoms with Gasteiger partial charge in [-0.1, -0.05) is 4.36 Å². The number of aromatic nitrogens is 5. The van der Waals surface area contributed by atoms with Crippen LogP contribution < -0.4 is 9.71 Å². The second-order valence-corrected chi connectivity index (χ2v) is 3.57. The quantitative estimate of drug-likeness (QED) is 0.560. The lowest BCUT2D eigenvalue weighted by atomic mass is 10.1.